The summed E-state index contributed by atoms with van der Waals surface area (Å²) in [6.07, 6.45) is 3.20. The van der Waals surface area contributed by atoms with Crippen LogP contribution in [0.1, 0.15) is 42.6 Å². The predicted molar refractivity (Wildman–Crippen MR) is 124 cm³/mol. The summed E-state index contributed by atoms with van der Waals surface area (Å²) in [5, 5.41) is 0. The van der Waals surface area contributed by atoms with Gasteiger partial charge in [0.1, 0.15) is 18.0 Å². The van der Waals surface area contributed by atoms with E-state index < -0.39 is 5.91 Å². The highest BCUT2D eigenvalue weighted by atomic mass is 32.1. The Labute approximate surface area is 191 Å². The van der Waals surface area contributed by atoms with Crippen molar-refractivity contribution in [2.24, 2.45) is 4.99 Å². The molecule has 0 unspecified atom stereocenters. The molecule has 1 amide bonds. The second-order valence-corrected chi connectivity index (χ2v) is 8.17. The normalized spacial score (nSPS) is 11.6. The highest BCUT2D eigenvalue weighted by Crippen LogP contribution is 2.25. The van der Waals surface area contributed by atoms with Gasteiger partial charge >= 0.3 is 5.97 Å². The molecule has 0 bridgehead atoms. The lowest BCUT2D eigenvalue weighted by molar-refractivity contribution is -0.143. The van der Waals surface area contributed by atoms with Crippen LogP contribution in [0.25, 0.3) is 10.2 Å². The van der Waals surface area contributed by atoms with Gasteiger partial charge in [-0.1, -0.05) is 30.7 Å². The molecule has 1 heterocycles. The van der Waals surface area contributed by atoms with Crippen LogP contribution >= 0.6 is 11.3 Å². The molecule has 0 saturated carbocycles. The van der Waals surface area contributed by atoms with Crippen molar-refractivity contribution in [2.45, 2.75) is 39.7 Å². The third kappa shape index (κ3) is 5.37. The molecule has 0 spiro atoms. The van der Waals surface area contributed by atoms with Crippen molar-refractivity contribution in [3.05, 3.63) is 52.3 Å². The summed E-state index contributed by atoms with van der Waals surface area (Å²) in [7, 11) is 3.03. The number of ether oxygens (including phenoxy) is 3. The summed E-state index contributed by atoms with van der Waals surface area (Å²) in [6, 6.07) is 11.1. The third-order valence-corrected chi connectivity index (χ3v) is 6.03. The molecule has 3 aromatic rings. The Morgan fingerprint density at radius 2 is 1.88 bits per heavy atom. The number of nitrogens with zero attached hydrogens (tertiary/aromatic N) is 2. The SMILES string of the molecule is CCCCc1ccc2c(c1)sc(=NC(=O)c1cc(OC)ccc1OC)n2CC(=O)OCC. The number of thiazole rings is 1. The van der Waals surface area contributed by atoms with Crippen LogP contribution in [0.15, 0.2) is 41.4 Å². The second kappa shape index (κ2) is 10.9. The van der Waals surface area contributed by atoms with Gasteiger partial charge in [-0.25, -0.2) is 0 Å². The summed E-state index contributed by atoms with van der Waals surface area (Å²) >= 11 is 1.37. The number of carbonyl (C=O) groups excluding carboxylic acids is 2. The molecule has 0 aliphatic rings. The molecular formula is C24H28N2O5S. The maximum atomic E-state index is 13.1. The Morgan fingerprint density at radius 3 is 2.56 bits per heavy atom. The van der Waals surface area contributed by atoms with Gasteiger partial charge in [-0.05, 0) is 55.7 Å². The Balaban J connectivity index is 2.11. The van der Waals surface area contributed by atoms with Crippen molar-refractivity contribution in [3.8, 4) is 11.5 Å². The van der Waals surface area contributed by atoms with Crippen molar-refractivity contribution >= 4 is 33.4 Å². The standard InChI is InChI=1S/C24H28N2O5S/c1-5-7-8-16-9-11-19-21(13-16)32-24(26(19)15-22(27)31-6-2)25-23(28)18-14-17(29-3)10-12-20(18)30-4/h9-14H,5-8,15H2,1-4H3. The van der Waals surface area contributed by atoms with E-state index in [9.17, 15) is 9.59 Å². The Kier molecular flexibility index (Phi) is 8.05. The van der Waals surface area contributed by atoms with Crippen LogP contribution in [0.5, 0.6) is 11.5 Å². The number of fused-ring (bicyclic) bond motifs is 1. The summed E-state index contributed by atoms with van der Waals surface area (Å²) in [5.74, 6) is 0.0753. The number of aryl methyl sites for hydroxylation is 1. The van der Waals surface area contributed by atoms with Crippen molar-refractivity contribution in [3.63, 3.8) is 0 Å². The Hall–Kier alpha value is -3.13. The molecule has 0 aliphatic carbocycles. The van der Waals surface area contributed by atoms with Crippen molar-refractivity contribution in [1.29, 1.82) is 0 Å². The van der Waals surface area contributed by atoms with Crippen LogP contribution in [-0.4, -0.2) is 37.3 Å². The first-order valence-electron chi connectivity index (χ1n) is 10.6. The third-order valence-electron chi connectivity index (χ3n) is 4.99. The van der Waals surface area contributed by atoms with Gasteiger partial charge in [-0.3, -0.25) is 9.59 Å². The monoisotopic (exact) mass is 456 g/mol. The molecule has 7 nitrogen and oxygen atoms in total. The summed E-state index contributed by atoms with van der Waals surface area (Å²) < 4.78 is 18.4. The molecular weight excluding hydrogens is 428 g/mol. The maximum Gasteiger partial charge on any atom is 0.326 e. The van der Waals surface area contributed by atoms with E-state index in [1.54, 1.807) is 29.7 Å². The molecule has 2 aromatic carbocycles. The first-order chi connectivity index (χ1) is 15.5. The molecule has 0 fully saturated rings. The van der Waals surface area contributed by atoms with E-state index in [1.165, 1.54) is 31.1 Å². The number of methoxy groups -OCH3 is 2. The van der Waals surface area contributed by atoms with E-state index in [0.717, 1.165) is 29.5 Å². The number of benzene rings is 2. The number of hydrogen-bond acceptors (Lipinski definition) is 6. The van der Waals surface area contributed by atoms with Gasteiger partial charge in [0.25, 0.3) is 5.91 Å². The fourth-order valence-corrected chi connectivity index (χ4v) is 4.45. The minimum atomic E-state index is -0.476. The molecule has 3 rings (SSSR count). The minimum absolute atomic E-state index is 0.0243. The fourth-order valence-electron chi connectivity index (χ4n) is 3.36. The Morgan fingerprint density at radius 1 is 1.06 bits per heavy atom. The fraction of sp³-hybridized carbons (Fsp3) is 0.375. The van der Waals surface area contributed by atoms with Gasteiger partial charge in [-0.2, -0.15) is 4.99 Å². The maximum absolute atomic E-state index is 13.1. The minimum Gasteiger partial charge on any atom is -0.497 e. The zero-order valence-corrected chi connectivity index (χ0v) is 19.7. The first-order valence-corrected chi connectivity index (χ1v) is 11.4. The average Bonchev–Trinajstić information content (AvgIpc) is 3.13. The zero-order valence-electron chi connectivity index (χ0n) is 18.8. The zero-order chi connectivity index (χ0) is 23.1. The van der Waals surface area contributed by atoms with Crippen molar-refractivity contribution in [1.82, 2.24) is 4.57 Å². The lowest BCUT2D eigenvalue weighted by atomic mass is 10.1. The molecule has 0 atom stereocenters. The number of aromatic nitrogens is 1. The lowest BCUT2D eigenvalue weighted by Crippen LogP contribution is -2.23. The number of hydrogen-bond donors (Lipinski definition) is 0. The van der Waals surface area contributed by atoms with E-state index in [2.05, 4.69) is 24.0 Å². The molecule has 170 valence electrons. The van der Waals surface area contributed by atoms with Crippen LogP contribution in [0, 0.1) is 0 Å². The van der Waals surface area contributed by atoms with Crippen molar-refractivity contribution < 1.29 is 23.8 Å². The molecule has 0 saturated heterocycles. The van der Waals surface area contributed by atoms with E-state index in [0.29, 0.717) is 16.3 Å². The number of carbonyl (C=O) groups is 2. The van der Waals surface area contributed by atoms with Gasteiger partial charge < -0.3 is 18.8 Å². The average molecular weight is 457 g/mol. The highest BCUT2D eigenvalue weighted by Gasteiger charge is 2.16. The molecule has 32 heavy (non-hydrogen) atoms. The molecule has 0 aliphatic heterocycles. The Bertz CT molecular complexity index is 1180. The van der Waals surface area contributed by atoms with Crippen LogP contribution < -0.4 is 14.3 Å². The number of rotatable bonds is 9. The quantitative estimate of drug-likeness (QED) is 0.447. The highest BCUT2D eigenvalue weighted by molar-refractivity contribution is 7.16. The summed E-state index contributed by atoms with van der Waals surface area (Å²) in [4.78, 5) is 30.1. The van der Waals surface area contributed by atoms with Crippen molar-refractivity contribution in [2.75, 3.05) is 20.8 Å². The first kappa shape index (κ1) is 23.5. The van der Waals surface area contributed by atoms with Gasteiger partial charge in [-0.15, -0.1) is 0 Å². The van der Waals surface area contributed by atoms with Crippen LogP contribution in [0.2, 0.25) is 0 Å². The second-order valence-electron chi connectivity index (χ2n) is 7.16. The van der Waals surface area contributed by atoms with Gasteiger partial charge in [0, 0.05) is 0 Å². The molecule has 8 heteroatoms. The van der Waals surface area contributed by atoms with Gasteiger partial charge in [0.05, 0.1) is 36.6 Å². The summed E-state index contributed by atoms with van der Waals surface area (Å²) in [6.45, 7) is 4.18. The predicted octanol–water partition coefficient (Wildman–Crippen LogP) is 4.37. The topological polar surface area (TPSA) is 79.1 Å². The van der Waals surface area contributed by atoms with E-state index in [1.807, 2.05) is 6.07 Å². The number of esters is 1. The van der Waals surface area contributed by atoms with E-state index in [4.69, 9.17) is 14.2 Å². The van der Waals surface area contributed by atoms with Gasteiger partial charge in [0.2, 0.25) is 0 Å². The summed E-state index contributed by atoms with van der Waals surface area (Å²) in [5.41, 5.74) is 2.35. The van der Waals surface area contributed by atoms with Crippen LogP contribution in [0.4, 0.5) is 0 Å². The largest absolute Gasteiger partial charge is 0.497 e. The number of unbranched alkanes of at least 4 members (excludes halogenated alkanes) is 1. The van der Waals surface area contributed by atoms with Gasteiger partial charge in [0.15, 0.2) is 4.80 Å². The smallest absolute Gasteiger partial charge is 0.326 e. The number of amides is 1. The molecule has 0 radical (unpaired) electrons. The van der Waals surface area contributed by atoms with Crippen LogP contribution in [0.3, 0.4) is 0 Å². The van der Waals surface area contributed by atoms with E-state index in [-0.39, 0.29) is 24.7 Å². The lowest BCUT2D eigenvalue weighted by Gasteiger charge is -2.08. The molecule has 0 N–H and O–H groups in total. The van der Waals surface area contributed by atoms with Crippen LogP contribution in [-0.2, 0) is 22.5 Å². The van der Waals surface area contributed by atoms with E-state index >= 15 is 0 Å². The molecule has 1 aromatic heterocycles.